The standard InChI is InChI=1S/C12H15F2NO2/c1-12(2,6-11(16)17)7-15-8-3-4-9(13)10(14)5-8/h3-5,15H,6-7H2,1-2H3,(H,16,17). The van der Waals surface area contributed by atoms with Gasteiger partial charge in [-0.3, -0.25) is 4.79 Å². The van der Waals surface area contributed by atoms with Gasteiger partial charge in [-0.25, -0.2) is 8.78 Å². The Morgan fingerprint density at radius 1 is 1.35 bits per heavy atom. The van der Waals surface area contributed by atoms with Crippen molar-refractivity contribution in [1.29, 1.82) is 0 Å². The molecule has 0 spiro atoms. The Hall–Kier alpha value is -1.65. The summed E-state index contributed by atoms with van der Waals surface area (Å²) in [5.41, 5.74) is -0.0289. The smallest absolute Gasteiger partial charge is 0.303 e. The highest BCUT2D eigenvalue weighted by molar-refractivity contribution is 5.67. The van der Waals surface area contributed by atoms with Gasteiger partial charge in [-0.05, 0) is 23.6 Å². The largest absolute Gasteiger partial charge is 0.481 e. The first-order valence-corrected chi connectivity index (χ1v) is 5.21. The summed E-state index contributed by atoms with van der Waals surface area (Å²) < 4.78 is 25.6. The lowest BCUT2D eigenvalue weighted by atomic mass is 9.89. The van der Waals surface area contributed by atoms with Crippen molar-refractivity contribution in [3.05, 3.63) is 29.8 Å². The Morgan fingerprint density at radius 2 is 2.00 bits per heavy atom. The fourth-order valence-corrected chi connectivity index (χ4v) is 1.42. The first-order chi connectivity index (χ1) is 7.80. The van der Waals surface area contributed by atoms with Crippen LogP contribution < -0.4 is 5.32 Å². The maximum Gasteiger partial charge on any atom is 0.303 e. The molecule has 0 aliphatic carbocycles. The number of rotatable bonds is 5. The molecular formula is C12H15F2NO2. The molecule has 0 aliphatic rings. The van der Waals surface area contributed by atoms with Crippen LogP contribution in [0.2, 0.25) is 0 Å². The fourth-order valence-electron chi connectivity index (χ4n) is 1.42. The molecule has 1 aromatic rings. The van der Waals surface area contributed by atoms with Gasteiger partial charge in [0.25, 0.3) is 0 Å². The molecule has 0 amide bonds. The molecule has 1 rings (SSSR count). The number of carbonyl (C=O) groups is 1. The van der Waals surface area contributed by atoms with Gasteiger partial charge in [0.2, 0.25) is 0 Å². The molecule has 1 aromatic carbocycles. The van der Waals surface area contributed by atoms with E-state index in [1.165, 1.54) is 6.07 Å². The van der Waals surface area contributed by atoms with Gasteiger partial charge in [-0.1, -0.05) is 13.8 Å². The maximum atomic E-state index is 12.9. The van der Waals surface area contributed by atoms with Gasteiger partial charge in [0.05, 0.1) is 6.42 Å². The monoisotopic (exact) mass is 243 g/mol. The van der Waals surface area contributed by atoms with E-state index in [1.54, 1.807) is 13.8 Å². The second-order valence-electron chi connectivity index (χ2n) is 4.72. The molecule has 5 heteroatoms. The summed E-state index contributed by atoms with van der Waals surface area (Å²) >= 11 is 0. The number of halogens is 2. The van der Waals surface area contributed by atoms with Crippen LogP contribution in [0.1, 0.15) is 20.3 Å². The van der Waals surface area contributed by atoms with E-state index in [0.717, 1.165) is 12.1 Å². The molecule has 0 heterocycles. The van der Waals surface area contributed by atoms with E-state index in [0.29, 0.717) is 12.2 Å². The third-order valence-electron chi connectivity index (χ3n) is 2.32. The molecule has 0 unspecified atom stereocenters. The van der Waals surface area contributed by atoms with Crippen LogP contribution in [0.5, 0.6) is 0 Å². The number of carboxylic acid groups (broad SMARTS) is 1. The van der Waals surface area contributed by atoms with Crippen LogP contribution in [-0.4, -0.2) is 17.6 Å². The molecule has 0 saturated heterocycles. The number of carboxylic acids is 1. The molecule has 0 bridgehead atoms. The Bertz CT molecular complexity index is 419. The average Bonchev–Trinajstić information content (AvgIpc) is 2.18. The molecule has 0 saturated carbocycles. The summed E-state index contributed by atoms with van der Waals surface area (Å²) in [4.78, 5) is 10.6. The molecule has 3 nitrogen and oxygen atoms in total. The van der Waals surface area contributed by atoms with E-state index < -0.39 is 23.0 Å². The van der Waals surface area contributed by atoms with Crippen molar-refractivity contribution in [2.75, 3.05) is 11.9 Å². The lowest BCUT2D eigenvalue weighted by molar-refractivity contribution is -0.139. The molecule has 0 fully saturated rings. The zero-order valence-corrected chi connectivity index (χ0v) is 9.76. The van der Waals surface area contributed by atoms with Crippen LogP contribution in [0.25, 0.3) is 0 Å². The van der Waals surface area contributed by atoms with E-state index in [1.807, 2.05) is 0 Å². The summed E-state index contributed by atoms with van der Waals surface area (Å²) in [6.07, 6.45) is 0.00365. The second kappa shape index (κ2) is 5.12. The Kier molecular flexibility index (Phi) is 4.04. The van der Waals surface area contributed by atoms with Crippen LogP contribution in [-0.2, 0) is 4.79 Å². The van der Waals surface area contributed by atoms with Crippen molar-refractivity contribution in [2.24, 2.45) is 5.41 Å². The van der Waals surface area contributed by atoms with E-state index in [-0.39, 0.29) is 6.42 Å². The predicted octanol–water partition coefficient (Wildman–Crippen LogP) is 2.88. The minimum Gasteiger partial charge on any atom is -0.481 e. The molecule has 0 aliphatic heterocycles. The number of nitrogens with one attached hydrogen (secondary N) is 1. The van der Waals surface area contributed by atoms with Gasteiger partial charge >= 0.3 is 5.97 Å². The lowest BCUT2D eigenvalue weighted by Gasteiger charge is -2.23. The summed E-state index contributed by atoms with van der Waals surface area (Å²) in [5, 5.41) is 11.6. The number of hydrogen-bond donors (Lipinski definition) is 2. The van der Waals surface area contributed by atoms with E-state index in [2.05, 4.69) is 5.32 Å². The number of hydrogen-bond acceptors (Lipinski definition) is 2. The van der Waals surface area contributed by atoms with Crippen molar-refractivity contribution in [3.63, 3.8) is 0 Å². The maximum absolute atomic E-state index is 12.9. The minimum absolute atomic E-state index is 0.00365. The quantitative estimate of drug-likeness (QED) is 0.836. The summed E-state index contributed by atoms with van der Waals surface area (Å²) in [6.45, 7) is 3.94. The Balaban J connectivity index is 2.60. The first kappa shape index (κ1) is 13.4. The van der Waals surface area contributed by atoms with Gasteiger partial charge in [0, 0.05) is 12.2 Å². The molecule has 17 heavy (non-hydrogen) atoms. The molecule has 0 radical (unpaired) electrons. The van der Waals surface area contributed by atoms with Gasteiger partial charge in [0.1, 0.15) is 0 Å². The Labute approximate surface area is 98.5 Å². The highest BCUT2D eigenvalue weighted by atomic mass is 19.2. The SMILES string of the molecule is CC(C)(CNc1ccc(F)c(F)c1)CC(=O)O. The van der Waals surface area contributed by atoms with Gasteiger partial charge in [-0.15, -0.1) is 0 Å². The summed E-state index contributed by atoms with van der Waals surface area (Å²) in [7, 11) is 0. The van der Waals surface area contributed by atoms with Crippen molar-refractivity contribution in [1.82, 2.24) is 0 Å². The molecule has 94 valence electrons. The van der Waals surface area contributed by atoms with Crippen molar-refractivity contribution in [2.45, 2.75) is 20.3 Å². The van der Waals surface area contributed by atoms with Crippen LogP contribution in [0.4, 0.5) is 14.5 Å². The van der Waals surface area contributed by atoms with Crippen LogP contribution in [0.3, 0.4) is 0 Å². The third-order valence-corrected chi connectivity index (χ3v) is 2.32. The topological polar surface area (TPSA) is 49.3 Å². The first-order valence-electron chi connectivity index (χ1n) is 5.21. The van der Waals surface area contributed by atoms with E-state index in [9.17, 15) is 13.6 Å². The van der Waals surface area contributed by atoms with Crippen molar-refractivity contribution >= 4 is 11.7 Å². The zero-order chi connectivity index (χ0) is 13.1. The lowest BCUT2D eigenvalue weighted by Crippen LogP contribution is -2.26. The predicted molar refractivity (Wildman–Crippen MR) is 60.9 cm³/mol. The van der Waals surface area contributed by atoms with Crippen LogP contribution in [0, 0.1) is 17.0 Å². The minimum atomic E-state index is -0.925. The fraction of sp³-hybridized carbons (Fsp3) is 0.417. The van der Waals surface area contributed by atoms with Gasteiger partial charge in [-0.2, -0.15) is 0 Å². The second-order valence-corrected chi connectivity index (χ2v) is 4.72. The van der Waals surface area contributed by atoms with Crippen molar-refractivity contribution < 1.29 is 18.7 Å². The average molecular weight is 243 g/mol. The Morgan fingerprint density at radius 3 is 2.53 bits per heavy atom. The molecule has 0 atom stereocenters. The normalized spacial score (nSPS) is 11.3. The number of anilines is 1. The van der Waals surface area contributed by atoms with E-state index in [4.69, 9.17) is 5.11 Å². The zero-order valence-electron chi connectivity index (χ0n) is 9.76. The highest BCUT2D eigenvalue weighted by Gasteiger charge is 2.21. The summed E-state index contributed by atoms with van der Waals surface area (Å²) in [6, 6.07) is 3.49. The summed E-state index contributed by atoms with van der Waals surface area (Å²) in [5.74, 6) is -2.71. The van der Waals surface area contributed by atoms with Crippen molar-refractivity contribution in [3.8, 4) is 0 Å². The molecule has 0 aromatic heterocycles. The number of benzene rings is 1. The van der Waals surface area contributed by atoms with Crippen LogP contribution >= 0.6 is 0 Å². The van der Waals surface area contributed by atoms with Crippen LogP contribution in [0.15, 0.2) is 18.2 Å². The molecular weight excluding hydrogens is 228 g/mol. The van der Waals surface area contributed by atoms with Gasteiger partial charge < -0.3 is 10.4 Å². The molecule has 2 N–H and O–H groups in total. The number of aliphatic carboxylic acids is 1. The van der Waals surface area contributed by atoms with Gasteiger partial charge in [0.15, 0.2) is 11.6 Å². The third kappa shape index (κ3) is 4.38. The van der Waals surface area contributed by atoms with E-state index >= 15 is 0 Å². The highest BCUT2D eigenvalue weighted by Crippen LogP contribution is 2.22.